The van der Waals surface area contributed by atoms with E-state index in [0.717, 1.165) is 12.8 Å². The second kappa shape index (κ2) is 9.34. The average molecular weight is 330 g/mol. The molecule has 0 unspecified atom stereocenters. The third-order valence-electron chi connectivity index (χ3n) is 3.04. The van der Waals surface area contributed by atoms with Crippen LogP contribution in [0, 0.1) is 10.1 Å². The molecule has 2 N–H and O–H groups in total. The summed E-state index contributed by atoms with van der Waals surface area (Å²) < 4.78 is 0. The van der Waals surface area contributed by atoms with Gasteiger partial charge in [0.15, 0.2) is 0 Å². The molecule has 0 bridgehead atoms. The summed E-state index contributed by atoms with van der Waals surface area (Å²) in [7, 11) is 0. The van der Waals surface area contributed by atoms with E-state index in [1.54, 1.807) is 4.90 Å². The number of carbonyl (C=O) groups excluding carboxylic acids is 1. The molecule has 0 radical (unpaired) electrons. The van der Waals surface area contributed by atoms with Crippen LogP contribution in [0.3, 0.4) is 0 Å². The van der Waals surface area contributed by atoms with E-state index in [1.807, 2.05) is 6.92 Å². The number of carbonyl (C=O) groups is 1. The zero-order valence-electron chi connectivity index (χ0n) is 12.4. The summed E-state index contributed by atoms with van der Waals surface area (Å²) in [5.74, 6) is -0.366. The van der Waals surface area contributed by atoms with Crippen molar-refractivity contribution in [3.8, 4) is 0 Å². The van der Waals surface area contributed by atoms with Gasteiger partial charge in [0.1, 0.15) is 5.69 Å². The first-order chi connectivity index (χ1) is 10.5. The summed E-state index contributed by atoms with van der Waals surface area (Å²) in [6.07, 6.45) is 1.89. The highest BCUT2D eigenvalue weighted by Crippen LogP contribution is 2.27. The van der Waals surface area contributed by atoms with E-state index in [4.69, 9.17) is 16.7 Å². The van der Waals surface area contributed by atoms with Crippen LogP contribution < -0.4 is 5.32 Å². The number of halogens is 1. The normalized spacial score (nSPS) is 10.7. The second-order valence-corrected chi connectivity index (χ2v) is 5.26. The van der Waals surface area contributed by atoms with Crippen molar-refractivity contribution in [3.63, 3.8) is 0 Å². The van der Waals surface area contributed by atoms with Crippen LogP contribution in [0.25, 0.3) is 0 Å². The summed E-state index contributed by atoms with van der Waals surface area (Å²) in [6, 6.07) is 4.08. The minimum Gasteiger partial charge on any atom is -0.395 e. The van der Waals surface area contributed by atoms with E-state index >= 15 is 0 Å². The van der Waals surface area contributed by atoms with Gasteiger partial charge in [-0.15, -0.1) is 0 Å². The number of rotatable bonds is 9. The molecule has 1 aromatic carbocycles. The molecule has 0 heterocycles. The third-order valence-corrected chi connectivity index (χ3v) is 3.28. The van der Waals surface area contributed by atoms with E-state index < -0.39 is 4.92 Å². The fourth-order valence-electron chi connectivity index (χ4n) is 1.95. The lowest BCUT2D eigenvalue weighted by Crippen LogP contribution is -2.36. The van der Waals surface area contributed by atoms with E-state index in [1.165, 1.54) is 18.2 Å². The molecule has 7 nitrogen and oxygen atoms in total. The minimum absolute atomic E-state index is 0.0436. The smallest absolute Gasteiger partial charge is 0.294 e. The van der Waals surface area contributed by atoms with Crippen molar-refractivity contribution in [1.29, 1.82) is 0 Å². The Hall–Kier alpha value is -1.70. The molecule has 1 amide bonds. The number of aliphatic hydroxyl groups excluding tert-OH is 1. The topological polar surface area (TPSA) is 95.7 Å². The largest absolute Gasteiger partial charge is 0.395 e. The summed E-state index contributed by atoms with van der Waals surface area (Å²) in [4.78, 5) is 24.2. The molecule has 0 spiro atoms. The molecule has 0 atom stereocenters. The maximum Gasteiger partial charge on any atom is 0.294 e. The Morgan fingerprint density at radius 2 is 2.18 bits per heavy atom. The maximum atomic E-state index is 12.0. The van der Waals surface area contributed by atoms with Crippen molar-refractivity contribution in [1.82, 2.24) is 4.90 Å². The number of nitro groups is 1. The minimum atomic E-state index is -0.593. The van der Waals surface area contributed by atoms with Crippen LogP contribution in [0.1, 0.15) is 19.8 Å². The van der Waals surface area contributed by atoms with Crippen molar-refractivity contribution in [3.05, 3.63) is 33.3 Å². The first-order valence-corrected chi connectivity index (χ1v) is 7.42. The molecular formula is C14H20ClN3O4. The summed E-state index contributed by atoms with van der Waals surface area (Å²) in [6.45, 7) is 3.13. The Labute approximate surface area is 134 Å². The fourth-order valence-corrected chi connectivity index (χ4v) is 2.11. The van der Waals surface area contributed by atoms with Crippen LogP contribution in [0.5, 0.6) is 0 Å². The molecule has 8 heteroatoms. The second-order valence-electron chi connectivity index (χ2n) is 4.82. The van der Waals surface area contributed by atoms with Crippen LogP contribution in [-0.4, -0.2) is 47.1 Å². The van der Waals surface area contributed by atoms with Crippen LogP contribution in [-0.2, 0) is 4.79 Å². The lowest BCUT2D eigenvalue weighted by molar-refractivity contribution is -0.383. The molecule has 0 aliphatic heterocycles. The predicted molar refractivity (Wildman–Crippen MR) is 85.2 cm³/mol. The van der Waals surface area contributed by atoms with E-state index in [9.17, 15) is 14.9 Å². The monoisotopic (exact) mass is 329 g/mol. The number of unbranched alkanes of at least 4 members (excludes halogenated alkanes) is 1. The molecular weight excluding hydrogens is 310 g/mol. The summed E-state index contributed by atoms with van der Waals surface area (Å²) in [5.41, 5.74) is -0.137. The number of benzene rings is 1. The molecule has 0 fully saturated rings. The molecule has 0 saturated carbocycles. The molecule has 122 valence electrons. The number of amides is 1. The molecule has 1 aromatic rings. The third kappa shape index (κ3) is 5.97. The van der Waals surface area contributed by atoms with Gasteiger partial charge in [-0.1, -0.05) is 24.9 Å². The van der Waals surface area contributed by atoms with Gasteiger partial charge in [-0.05, 0) is 25.1 Å². The Bertz CT molecular complexity index is 525. The van der Waals surface area contributed by atoms with Gasteiger partial charge in [-0.3, -0.25) is 19.8 Å². The zero-order chi connectivity index (χ0) is 16.5. The number of aliphatic hydroxyl groups is 1. The first kappa shape index (κ1) is 18.3. The maximum absolute atomic E-state index is 12.0. The van der Waals surface area contributed by atoms with E-state index in [2.05, 4.69) is 5.32 Å². The van der Waals surface area contributed by atoms with Gasteiger partial charge in [0.2, 0.25) is 5.91 Å². The van der Waals surface area contributed by atoms with Crippen molar-refractivity contribution in [2.75, 3.05) is 31.6 Å². The van der Waals surface area contributed by atoms with Crippen LogP contribution in [0.2, 0.25) is 5.02 Å². The van der Waals surface area contributed by atoms with Gasteiger partial charge >= 0.3 is 0 Å². The number of hydrogen-bond acceptors (Lipinski definition) is 5. The van der Waals surface area contributed by atoms with Crippen molar-refractivity contribution in [2.45, 2.75) is 19.8 Å². The van der Waals surface area contributed by atoms with Crippen LogP contribution >= 0.6 is 11.6 Å². The SMILES string of the molecule is CCCCN(CCO)CC(=O)Nc1ccc(Cl)cc1[N+](=O)[O-]. The van der Waals surface area contributed by atoms with Gasteiger partial charge in [0.25, 0.3) is 5.69 Å². The van der Waals surface area contributed by atoms with Crippen molar-refractivity contribution in [2.24, 2.45) is 0 Å². The summed E-state index contributed by atoms with van der Waals surface area (Å²) >= 11 is 5.73. The number of nitrogens with zero attached hydrogens (tertiary/aromatic N) is 2. The van der Waals surface area contributed by atoms with Gasteiger partial charge in [-0.2, -0.15) is 0 Å². The fraction of sp³-hybridized carbons (Fsp3) is 0.500. The van der Waals surface area contributed by atoms with E-state index in [0.29, 0.717) is 13.1 Å². The first-order valence-electron chi connectivity index (χ1n) is 7.05. The average Bonchev–Trinajstić information content (AvgIpc) is 2.46. The molecule has 22 heavy (non-hydrogen) atoms. The number of nitrogens with one attached hydrogen (secondary N) is 1. The highest BCUT2D eigenvalue weighted by Gasteiger charge is 2.17. The predicted octanol–water partition coefficient (Wildman–Crippen LogP) is 2.28. The molecule has 0 aromatic heterocycles. The van der Waals surface area contributed by atoms with Crippen molar-refractivity contribution < 1.29 is 14.8 Å². The van der Waals surface area contributed by atoms with Crippen LogP contribution in [0.4, 0.5) is 11.4 Å². The zero-order valence-corrected chi connectivity index (χ0v) is 13.2. The van der Waals surface area contributed by atoms with Crippen LogP contribution in [0.15, 0.2) is 18.2 Å². The lowest BCUT2D eigenvalue weighted by atomic mass is 10.2. The highest BCUT2D eigenvalue weighted by molar-refractivity contribution is 6.31. The lowest BCUT2D eigenvalue weighted by Gasteiger charge is -2.20. The molecule has 0 saturated heterocycles. The Morgan fingerprint density at radius 1 is 1.45 bits per heavy atom. The molecule has 0 aliphatic carbocycles. The Balaban J connectivity index is 2.73. The molecule has 0 aliphatic rings. The molecule has 1 rings (SSSR count). The highest BCUT2D eigenvalue weighted by atomic mass is 35.5. The van der Waals surface area contributed by atoms with Gasteiger partial charge in [0, 0.05) is 17.6 Å². The Kier molecular flexibility index (Phi) is 7.79. The van der Waals surface area contributed by atoms with E-state index in [-0.39, 0.29) is 35.5 Å². The number of anilines is 1. The number of nitro benzene ring substituents is 1. The number of hydrogen-bond donors (Lipinski definition) is 2. The van der Waals surface area contributed by atoms with Gasteiger partial charge < -0.3 is 10.4 Å². The van der Waals surface area contributed by atoms with Gasteiger partial charge in [-0.25, -0.2) is 0 Å². The van der Waals surface area contributed by atoms with Crippen molar-refractivity contribution >= 4 is 28.9 Å². The standard InChI is InChI=1S/C14H20ClN3O4/c1-2-3-6-17(7-8-19)10-14(20)16-12-5-4-11(15)9-13(12)18(21)22/h4-5,9,19H,2-3,6-8,10H2,1H3,(H,16,20). The quantitative estimate of drug-likeness (QED) is 0.535. The van der Waals surface area contributed by atoms with Gasteiger partial charge in [0.05, 0.1) is 18.1 Å². The summed E-state index contributed by atoms with van der Waals surface area (Å²) in [5, 5.41) is 22.7. The Morgan fingerprint density at radius 3 is 2.77 bits per heavy atom.